The van der Waals surface area contributed by atoms with Crippen LogP contribution in [-0.4, -0.2) is 67.2 Å². The highest BCUT2D eigenvalue weighted by Crippen LogP contribution is 2.27. The number of hydrogen-bond acceptors (Lipinski definition) is 4. The van der Waals surface area contributed by atoms with E-state index < -0.39 is 0 Å². The van der Waals surface area contributed by atoms with Gasteiger partial charge in [-0.3, -0.25) is 9.69 Å². The lowest BCUT2D eigenvalue weighted by molar-refractivity contribution is -0.138. The summed E-state index contributed by atoms with van der Waals surface area (Å²) in [6.07, 6.45) is 3.93. The van der Waals surface area contributed by atoms with E-state index in [0.717, 1.165) is 65.1 Å². The van der Waals surface area contributed by atoms with Crippen LogP contribution in [-0.2, 0) is 9.53 Å². The lowest BCUT2D eigenvalue weighted by Crippen LogP contribution is -2.56. The normalized spacial score (nSPS) is 30.8. The van der Waals surface area contributed by atoms with Gasteiger partial charge < -0.3 is 15.4 Å². The molecule has 2 aliphatic rings. The molecule has 21 heavy (non-hydrogen) atoms. The van der Waals surface area contributed by atoms with Crippen molar-refractivity contribution in [3.05, 3.63) is 0 Å². The van der Waals surface area contributed by atoms with Crippen LogP contribution in [0, 0.1) is 5.92 Å². The first-order valence-electron chi connectivity index (χ1n) is 8.51. The molecule has 5 nitrogen and oxygen atoms in total. The summed E-state index contributed by atoms with van der Waals surface area (Å²) in [5.41, 5.74) is 5.94. The standard InChI is InChI=1S/C16H31N3O2/c1-3-15-12-19(8-7-18(15)9-10-21-4-2)16(20)13-5-6-14(17)11-13/h13-15H,3-12,17H2,1-2H3. The van der Waals surface area contributed by atoms with Crippen LogP contribution in [0.2, 0.25) is 0 Å². The zero-order valence-electron chi connectivity index (χ0n) is 13.6. The van der Waals surface area contributed by atoms with Gasteiger partial charge in [-0.25, -0.2) is 0 Å². The van der Waals surface area contributed by atoms with Crippen molar-refractivity contribution in [1.29, 1.82) is 0 Å². The summed E-state index contributed by atoms with van der Waals surface area (Å²) in [4.78, 5) is 17.2. The van der Waals surface area contributed by atoms with Crippen molar-refractivity contribution in [2.45, 2.75) is 51.6 Å². The summed E-state index contributed by atoms with van der Waals surface area (Å²) < 4.78 is 5.46. The van der Waals surface area contributed by atoms with E-state index in [9.17, 15) is 4.79 Å². The molecule has 5 heteroatoms. The number of rotatable bonds is 6. The Labute approximate surface area is 128 Å². The van der Waals surface area contributed by atoms with Gasteiger partial charge in [0.05, 0.1) is 6.61 Å². The van der Waals surface area contributed by atoms with Crippen LogP contribution in [0.15, 0.2) is 0 Å². The molecule has 0 bridgehead atoms. The minimum absolute atomic E-state index is 0.174. The van der Waals surface area contributed by atoms with E-state index in [4.69, 9.17) is 10.5 Å². The third kappa shape index (κ3) is 4.41. The highest BCUT2D eigenvalue weighted by atomic mass is 16.5. The SMILES string of the molecule is CCOCCN1CCN(C(=O)C2CCC(N)C2)CC1CC. The molecule has 1 amide bonds. The van der Waals surface area contributed by atoms with Crippen LogP contribution in [0.25, 0.3) is 0 Å². The van der Waals surface area contributed by atoms with E-state index in [0.29, 0.717) is 11.9 Å². The van der Waals surface area contributed by atoms with Gasteiger partial charge in [0.2, 0.25) is 5.91 Å². The van der Waals surface area contributed by atoms with Crippen molar-refractivity contribution >= 4 is 5.91 Å². The lowest BCUT2D eigenvalue weighted by atomic mass is 10.0. The molecule has 2 N–H and O–H groups in total. The fourth-order valence-electron chi connectivity index (χ4n) is 3.60. The molecule has 0 spiro atoms. The number of carbonyl (C=O) groups is 1. The number of nitrogens with zero attached hydrogens (tertiary/aromatic N) is 2. The van der Waals surface area contributed by atoms with Crippen LogP contribution in [0.4, 0.5) is 0 Å². The fraction of sp³-hybridized carbons (Fsp3) is 0.938. The third-order valence-corrected chi connectivity index (χ3v) is 4.94. The van der Waals surface area contributed by atoms with Crippen molar-refractivity contribution in [3.63, 3.8) is 0 Å². The Morgan fingerprint density at radius 3 is 2.71 bits per heavy atom. The Morgan fingerprint density at radius 1 is 1.29 bits per heavy atom. The fourth-order valence-corrected chi connectivity index (χ4v) is 3.60. The molecule has 3 atom stereocenters. The van der Waals surface area contributed by atoms with Crippen LogP contribution in [0.1, 0.15) is 39.5 Å². The van der Waals surface area contributed by atoms with Gasteiger partial charge in [0.25, 0.3) is 0 Å². The maximum atomic E-state index is 12.6. The summed E-state index contributed by atoms with van der Waals surface area (Å²) in [6.45, 7) is 9.47. The summed E-state index contributed by atoms with van der Waals surface area (Å²) in [6, 6.07) is 0.701. The van der Waals surface area contributed by atoms with Gasteiger partial charge in [-0.1, -0.05) is 6.92 Å². The molecule has 1 aliphatic heterocycles. The number of hydrogen-bond donors (Lipinski definition) is 1. The zero-order valence-corrected chi connectivity index (χ0v) is 13.6. The molecule has 2 fully saturated rings. The Kier molecular flexibility index (Phi) is 6.45. The summed E-state index contributed by atoms with van der Waals surface area (Å²) in [7, 11) is 0. The van der Waals surface area contributed by atoms with Crippen LogP contribution < -0.4 is 5.73 Å². The number of ether oxygens (including phenoxy) is 1. The second-order valence-electron chi connectivity index (χ2n) is 6.35. The number of amides is 1. The predicted octanol–water partition coefficient (Wildman–Crippen LogP) is 1.07. The molecule has 1 saturated heterocycles. The second-order valence-corrected chi connectivity index (χ2v) is 6.35. The van der Waals surface area contributed by atoms with Gasteiger partial charge in [-0.05, 0) is 32.6 Å². The van der Waals surface area contributed by atoms with E-state index in [1.165, 1.54) is 0 Å². The summed E-state index contributed by atoms with van der Waals surface area (Å²) >= 11 is 0. The van der Waals surface area contributed by atoms with E-state index >= 15 is 0 Å². The van der Waals surface area contributed by atoms with Crippen LogP contribution in [0.5, 0.6) is 0 Å². The summed E-state index contributed by atoms with van der Waals surface area (Å²) in [5.74, 6) is 0.512. The average Bonchev–Trinajstić information content (AvgIpc) is 2.93. The lowest BCUT2D eigenvalue weighted by Gasteiger charge is -2.42. The Morgan fingerprint density at radius 2 is 2.10 bits per heavy atom. The van der Waals surface area contributed by atoms with Crippen molar-refractivity contribution in [1.82, 2.24) is 9.80 Å². The van der Waals surface area contributed by atoms with E-state index in [1.807, 2.05) is 6.92 Å². The van der Waals surface area contributed by atoms with Crippen molar-refractivity contribution < 1.29 is 9.53 Å². The smallest absolute Gasteiger partial charge is 0.225 e. The first-order chi connectivity index (χ1) is 10.2. The second kappa shape index (κ2) is 8.11. The molecule has 2 rings (SSSR count). The maximum absolute atomic E-state index is 12.6. The van der Waals surface area contributed by atoms with Crippen molar-refractivity contribution in [2.75, 3.05) is 39.4 Å². The Bertz CT molecular complexity index is 337. The molecule has 0 aromatic heterocycles. The van der Waals surface area contributed by atoms with E-state index in [-0.39, 0.29) is 12.0 Å². The van der Waals surface area contributed by atoms with Crippen LogP contribution in [0.3, 0.4) is 0 Å². The minimum Gasteiger partial charge on any atom is -0.380 e. The average molecular weight is 297 g/mol. The number of carbonyl (C=O) groups excluding carboxylic acids is 1. The molecule has 1 heterocycles. The Balaban J connectivity index is 1.83. The van der Waals surface area contributed by atoms with Crippen LogP contribution >= 0.6 is 0 Å². The Hall–Kier alpha value is -0.650. The first-order valence-corrected chi connectivity index (χ1v) is 8.51. The molecule has 3 unspecified atom stereocenters. The minimum atomic E-state index is 0.174. The molecule has 1 aliphatic carbocycles. The largest absolute Gasteiger partial charge is 0.380 e. The zero-order chi connectivity index (χ0) is 15.2. The molecular weight excluding hydrogens is 266 g/mol. The molecule has 0 aromatic carbocycles. The number of nitrogens with two attached hydrogens (primary N) is 1. The van der Waals surface area contributed by atoms with Crippen molar-refractivity contribution in [2.24, 2.45) is 11.7 Å². The topological polar surface area (TPSA) is 58.8 Å². The maximum Gasteiger partial charge on any atom is 0.225 e. The van der Waals surface area contributed by atoms with Gasteiger partial charge in [0, 0.05) is 50.8 Å². The van der Waals surface area contributed by atoms with Gasteiger partial charge in [-0.2, -0.15) is 0 Å². The third-order valence-electron chi connectivity index (χ3n) is 4.94. The van der Waals surface area contributed by atoms with Crippen molar-refractivity contribution in [3.8, 4) is 0 Å². The molecule has 122 valence electrons. The number of piperazine rings is 1. The van der Waals surface area contributed by atoms with Gasteiger partial charge in [0.1, 0.15) is 0 Å². The first kappa shape index (κ1) is 16.7. The molecular formula is C16H31N3O2. The highest BCUT2D eigenvalue weighted by molar-refractivity contribution is 5.79. The molecule has 0 radical (unpaired) electrons. The van der Waals surface area contributed by atoms with E-state index in [2.05, 4.69) is 16.7 Å². The summed E-state index contributed by atoms with van der Waals surface area (Å²) in [5, 5.41) is 0. The van der Waals surface area contributed by atoms with Gasteiger partial charge in [-0.15, -0.1) is 0 Å². The quantitative estimate of drug-likeness (QED) is 0.745. The predicted molar refractivity (Wildman–Crippen MR) is 84.0 cm³/mol. The molecule has 1 saturated carbocycles. The van der Waals surface area contributed by atoms with Gasteiger partial charge in [0.15, 0.2) is 0 Å². The monoisotopic (exact) mass is 297 g/mol. The van der Waals surface area contributed by atoms with E-state index in [1.54, 1.807) is 0 Å². The van der Waals surface area contributed by atoms with Gasteiger partial charge >= 0.3 is 0 Å². The molecule has 0 aromatic rings. The highest BCUT2D eigenvalue weighted by Gasteiger charge is 2.34.